The number of amides is 1. The maximum absolute atomic E-state index is 12.0. The molecule has 3 saturated heterocycles. The summed E-state index contributed by atoms with van der Waals surface area (Å²) in [7, 11) is 0. The molecule has 3 aliphatic heterocycles. The summed E-state index contributed by atoms with van der Waals surface area (Å²) in [6, 6.07) is 23.0. The topological polar surface area (TPSA) is 120 Å². The third-order valence-electron chi connectivity index (χ3n) is 11.8. The second-order valence-electron chi connectivity index (χ2n) is 15.4. The molecule has 3 aromatic rings. The molecule has 3 atom stereocenters. The number of piperidine rings is 3. The Kier molecular flexibility index (Phi) is 11.5. The summed E-state index contributed by atoms with van der Waals surface area (Å²) in [6.07, 6.45) is 7.72. The Morgan fingerprint density at radius 1 is 0.960 bits per heavy atom. The summed E-state index contributed by atoms with van der Waals surface area (Å²) in [6.45, 7) is 9.96. The van der Waals surface area contributed by atoms with E-state index in [0.717, 1.165) is 53.7 Å². The number of aliphatic hydroxyl groups excluding tert-OH is 1. The lowest BCUT2D eigenvalue weighted by atomic mass is 9.80. The molecule has 4 fully saturated rings. The molecule has 0 aromatic heterocycles. The van der Waals surface area contributed by atoms with Crippen LogP contribution in [0.15, 0.2) is 72.8 Å². The second kappa shape index (κ2) is 15.8. The van der Waals surface area contributed by atoms with Crippen LogP contribution in [0.3, 0.4) is 0 Å². The molecule has 1 amide bonds. The van der Waals surface area contributed by atoms with Crippen LogP contribution in [0.1, 0.15) is 81.6 Å². The maximum atomic E-state index is 12.0. The number of nitrogens with zero attached hydrogens (tertiary/aromatic N) is 1. The zero-order valence-electron chi connectivity index (χ0n) is 29.7. The first-order chi connectivity index (χ1) is 24.1. The molecule has 7 rings (SSSR count). The third kappa shape index (κ3) is 8.35. The molecule has 0 unspecified atom stereocenters. The molecule has 9 nitrogen and oxygen atoms in total. The van der Waals surface area contributed by atoms with Gasteiger partial charge >= 0.3 is 0 Å². The zero-order chi connectivity index (χ0) is 35.2. The van der Waals surface area contributed by atoms with Crippen molar-refractivity contribution >= 4 is 12.1 Å². The number of nitrogens with one attached hydrogen (secondary N) is 2. The van der Waals surface area contributed by atoms with Crippen molar-refractivity contribution in [3.8, 4) is 11.5 Å². The van der Waals surface area contributed by atoms with Crippen LogP contribution in [-0.2, 0) is 20.7 Å². The van der Waals surface area contributed by atoms with Gasteiger partial charge in [-0.2, -0.15) is 0 Å². The highest BCUT2D eigenvalue weighted by Gasteiger charge is 2.48. The number of aromatic hydroxyl groups is 1. The van der Waals surface area contributed by atoms with E-state index >= 15 is 0 Å². The fourth-order valence-electron chi connectivity index (χ4n) is 8.60. The van der Waals surface area contributed by atoms with Gasteiger partial charge in [0.15, 0.2) is 0 Å². The van der Waals surface area contributed by atoms with Gasteiger partial charge in [-0.15, -0.1) is 0 Å². The normalized spacial score (nSPS) is 24.1. The van der Waals surface area contributed by atoms with E-state index in [1.54, 1.807) is 12.1 Å². The van der Waals surface area contributed by atoms with Gasteiger partial charge in [0.1, 0.15) is 29.7 Å². The summed E-state index contributed by atoms with van der Waals surface area (Å²) in [5.41, 5.74) is 1.59. The average Bonchev–Trinajstić information content (AvgIpc) is 3.70. The van der Waals surface area contributed by atoms with Gasteiger partial charge in [0, 0.05) is 37.3 Å². The molecule has 0 radical (unpaired) electrons. The number of carbonyl (C=O) groups excluding carboxylic acids is 1. The van der Waals surface area contributed by atoms with Crippen LogP contribution in [0.25, 0.3) is 0 Å². The van der Waals surface area contributed by atoms with Gasteiger partial charge in [0.05, 0.1) is 44.6 Å². The van der Waals surface area contributed by atoms with Crippen molar-refractivity contribution in [2.24, 2.45) is 11.8 Å². The van der Waals surface area contributed by atoms with E-state index in [1.165, 1.54) is 44.8 Å². The highest BCUT2D eigenvalue weighted by Crippen LogP contribution is 2.43. The Bertz CT molecular complexity index is 1540. The van der Waals surface area contributed by atoms with E-state index in [0.29, 0.717) is 31.1 Å². The largest absolute Gasteiger partial charge is 0.506 e. The first-order valence-electron chi connectivity index (χ1n) is 18.5. The number of hydrogen-bond donors (Lipinski definition) is 5. The van der Waals surface area contributed by atoms with Crippen LogP contribution in [-0.4, -0.2) is 78.3 Å². The van der Waals surface area contributed by atoms with Gasteiger partial charge in [0.2, 0.25) is 6.41 Å². The number of phenols is 1. The predicted molar refractivity (Wildman–Crippen MR) is 195 cm³/mol. The minimum atomic E-state index is -0.918. The lowest BCUT2D eigenvalue weighted by Gasteiger charge is -2.53. The van der Waals surface area contributed by atoms with Crippen LogP contribution in [0, 0.1) is 11.8 Å². The standard InChI is InChI=1S/C41H55N3O6/c1-40(2,43-26-38(47)31-13-18-37(46)36(25-31)42-29-45)32-14-16-35(17-15-32)49-24-8-21-44-22-19-30(20-23-44)39(27-44)50-28-41(48,34-11-6-7-12-34)33-9-4-3-5-10-33/h3-5,9-10,13-18,25,29-30,34,38-39,43,47-48H,6-8,11-12,19-24,26-28H2,1-2H3,(H-,42,45,46)/p+1/t30?,38-,39-,41+,44?/m0/s1. The molecule has 1 saturated carbocycles. The summed E-state index contributed by atoms with van der Waals surface area (Å²) in [5, 5.41) is 38.6. The monoisotopic (exact) mass is 686 g/mol. The van der Waals surface area contributed by atoms with Crippen molar-refractivity contribution < 1.29 is 34.1 Å². The minimum Gasteiger partial charge on any atom is -0.506 e. The summed E-state index contributed by atoms with van der Waals surface area (Å²) < 4.78 is 14.0. The summed E-state index contributed by atoms with van der Waals surface area (Å²) in [5.74, 6) is 1.64. The Labute approximate surface area is 297 Å². The number of fused-ring (bicyclic) bond motifs is 3. The predicted octanol–water partition coefficient (Wildman–Crippen LogP) is 5.99. The molecule has 5 N–H and O–H groups in total. The van der Waals surface area contributed by atoms with Crippen LogP contribution < -0.4 is 15.4 Å². The fraction of sp³-hybridized carbons (Fsp3) is 0.537. The highest BCUT2D eigenvalue weighted by atomic mass is 16.5. The average molecular weight is 687 g/mol. The quantitative estimate of drug-likeness (QED) is 0.0512. The molecule has 2 bridgehead atoms. The maximum Gasteiger partial charge on any atom is 0.211 e. The first kappa shape index (κ1) is 36.3. The Balaban J connectivity index is 0.967. The number of ether oxygens (including phenoxy) is 2. The van der Waals surface area contributed by atoms with Gasteiger partial charge in [-0.1, -0.05) is 61.4 Å². The van der Waals surface area contributed by atoms with E-state index in [-0.39, 0.29) is 30.0 Å². The van der Waals surface area contributed by atoms with E-state index < -0.39 is 17.2 Å². The lowest BCUT2D eigenvalue weighted by Crippen LogP contribution is -2.65. The number of anilines is 1. The Morgan fingerprint density at radius 2 is 1.68 bits per heavy atom. The van der Waals surface area contributed by atoms with E-state index in [2.05, 4.69) is 48.7 Å². The van der Waals surface area contributed by atoms with Crippen LogP contribution in [0.5, 0.6) is 11.5 Å². The molecular weight excluding hydrogens is 630 g/mol. The smallest absolute Gasteiger partial charge is 0.211 e. The van der Waals surface area contributed by atoms with Crippen molar-refractivity contribution in [3.05, 3.63) is 89.5 Å². The van der Waals surface area contributed by atoms with Crippen LogP contribution in [0.2, 0.25) is 0 Å². The molecule has 270 valence electrons. The molecule has 1 aliphatic carbocycles. The SMILES string of the molecule is CC(C)(NC[C@H](O)c1ccc(O)c(NC=O)c1)c1ccc(OCCC[N+]23CCC(CC2)[C@@H](OC[C@@](O)(c2ccccc2)C2CCCC2)C3)cc1. The third-order valence-corrected chi connectivity index (χ3v) is 11.8. The number of aliphatic hydroxyl groups is 2. The number of benzene rings is 3. The fourth-order valence-corrected chi connectivity index (χ4v) is 8.60. The van der Waals surface area contributed by atoms with Crippen molar-refractivity contribution in [1.82, 2.24) is 5.32 Å². The molecule has 3 aromatic carbocycles. The van der Waals surface area contributed by atoms with Crippen molar-refractivity contribution in [1.29, 1.82) is 0 Å². The molecule has 3 heterocycles. The van der Waals surface area contributed by atoms with Gasteiger partial charge in [-0.25, -0.2) is 0 Å². The van der Waals surface area contributed by atoms with E-state index in [9.17, 15) is 20.1 Å². The van der Waals surface area contributed by atoms with Gasteiger partial charge in [0.25, 0.3) is 0 Å². The number of quaternary nitrogens is 1. The van der Waals surface area contributed by atoms with Crippen molar-refractivity contribution in [2.75, 3.05) is 51.3 Å². The van der Waals surface area contributed by atoms with Gasteiger partial charge in [-0.05, 0) is 73.6 Å². The second-order valence-corrected chi connectivity index (χ2v) is 15.4. The van der Waals surface area contributed by atoms with E-state index in [4.69, 9.17) is 9.47 Å². The van der Waals surface area contributed by atoms with Gasteiger partial charge < -0.3 is 39.9 Å². The molecule has 50 heavy (non-hydrogen) atoms. The number of rotatable bonds is 17. The van der Waals surface area contributed by atoms with E-state index in [1.807, 2.05) is 30.3 Å². The minimum absolute atomic E-state index is 0.0505. The molecule has 0 spiro atoms. The van der Waals surface area contributed by atoms with Crippen molar-refractivity contribution in [3.63, 3.8) is 0 Å². The lowest BCUT2D eigenvalue weighted by molar-refractivity contribution is -0.946. The van der Waals surface area contributed by atoms with Gasteiger partial charge in [-0.3, -0.25) is 4.79 Å². The molecule has 4 aliphatic rings. The first-order valence-corrected chi connectivity index (χ1v) is 18.5. The van der Waals surface area contributed by atoms with Crippen LogP contribution >= 0.6 is 0 Å². The summed E-state index contributed by atoms with van der Waals surface area (Å²) >= 11 is 0. The van der Waals surface area contributed by atoms with Crippen molar-refractivity contribution in [2.45, 2.75) is 82.1 Å². The summed E-state index contributed by atoms with van der Waals surface area (Å²) in [4.78, 5) is 10.8. The number of phenolic OH excluding ortho intramolecular Hbond substituents is 1. The van der Waals surface area contributed by atoms with Crippen LogP contribution in [0.4, 0.5) is 5.69 Å². The number of carbonyl (C=O) groups is 1. The molecular formula is C41H56N3O6+. The highest BCUT2D eigenvalue weighted by molar-refractivity contribution is 5.75. The number of hydrogen-bond acceptors (Lipinski definition) is 7. The molecule has 9 heteroatoms. The Morgan fingerprint density at radius 3 is 2.38 bits per heavy atom. The zero-order valence-corrected chi connectivity index (χ0v) is 29.7. The Hall–Kier alpha value is -3.47.